The molecule has 0 saturated heterocycles. The van der Waals surface area contributed by atoms with Crippen molar-refractivity contribution in [1.29, 1.82) is 0 Å². The summed E-state index contributed by atoms with van der Waals surface area (Å²) < 4.78 is 1.54. The number of carboxylic acid groups (broad SMARTS) is 1. The molecule has 0 radical (unpaired) electrons. The number of nitrogens with one attached hydrogen (secondary N) is 2. The first kappa shape index (κ1) is 14.8. The highest BCUT2D eigenvalue weighted by Crippen LogP contribution is 2.15. The van der Waals surface area contributed by atoms with Crippen LogP contribution in [-0.2, 0) is 6.42 Å². The largest absolute Gasteiger partial charge is 0.465 e. The van der Waals surface area contributed by atoms with E-state index in [0.717, 1.165) is 6.42 Å². The second kappa shape index (κ2) is 6.30. The minimum Gasteiger partial charge on any atom is -0.465 e. The zero-order chi connectivity index (χ0) is 16.2. The van der Waals surface area contributed by atoms with Crippen molar-refractivity contribution in [1.82, 2.24) is 19.6 Å². The summed E-state index contributed by atoms with van der Waals surface area (Å²) in [5.74, 6) is 0.696. The van der Waals surface area contributed by atoms with Crippen LogP contribution in [0.4, 0.5) is 16.6 Å². The first-order chi connectivity index (χ1) is 11.1. The van der Waals surface area contributed by atoms with E-state index in [1.165, 1.54) is 15.5 Å². The fraction of sp³-hybridized carbons (Fsp3) is 0.200. The molecule has 0 aliphatic heterocycles. The number of amides is 1. The molecule has 3 aromatic rings. The molecule has 0 spiro atoms. The van der Waals surface area contributed by atoms with Gasteiger partial charge >= 0.3 is 6.09 Å². The lowest BCUT2D eigenvalue weighted by Crippen LogP contribution is -2.11. The van der Waals surface area contributed by atoms with E-state index in [2.05, 4.69) is 57.0 Å². The van der Waals surface area contributed by atoms with Gasteiger partial charge in [-0.2, -0.15) is 0 Å². The molecule has 0 unspecified atom stereocenters. The number of benzene rings is 1. The third-order valence-corrected chi connectivity index (χ3v) is 3.37. The molecule has 118 valence electrons. The average Bonchev–Trinajstić information content (AvgIpc) is 2.93. The predicted octanol–water partition coefficient (Wildman–Crippen LogP) is 2.18. The Bertz CT molecular complexity index is 828. The minimum absolute atomic E-state index is 0.136. The van der Waals surface area contributed by atoms with Gasteiger partial charge in [0.1, 0.15) is 0 Å². The number of anilines is 2. The monoisotopic (exact) mass is 312 g/mol. The van der Waals surface area contributed by atoms with Gasteiger partial charge in [-0.3, -0.25) is 9.72 Å². The van der Waals surface area contributed by atoms with Gasteiger partial charge in [0.05, 0.1) is 0 Å². The van der Waals surface area contributed by atoms with Crippen molar-refractivity contribution in [2.24, 2.45) is 0 Å². The van der Waals surface area contributed by atoms with Gasteiger partial charge in [-0.1, -0.05) is 29.8 Å². The van der Waals surface area contributed by atoms with Crippen LogP contribution < -0.4 is 10.6 Å². The van der Waals surface area contributed by atoms with Gasteiger partial charge in [-0.05, 0) is 18.9 Å². The summed E-state index contributed by atoms with van der Waals surface area (Å²) in [5, 5.41) is 22.0. The molecule has 0 atom stereocenters. The van der Waals surface area contributed by atoms with E-state index in [4.69, 9.17) is 5.11 Å². The molecule has 0 fully saturated rings. The third kappa shape index (κ3) is 3.37. The van der Waals surface area contributed by atoms with Crippen molar-refractivity contribution in [3.8, 4) is 0 Å². The zero-order valence-corrected chi connectivity index (χ0v) is 12.5. The molecule has 0 aliphatic carbocycles. The Morgan fingerprint density at radius 1 is 1.26 bits per heavy atom. The smallest absolute Gasteiger partial charge is 0.411 e. The summed E-state index contributed by atoms with van der Waals surface area (Å²) in [7, 11) is 0. The molecule has 0 bridgehead atoms. The SMILES string of the molecule is Cc1ccc(CCNc2nccn3c(NC(=O)O)nnc23)cc1. The van der Waals surface area contributed by atoms with Crippen LogP contribution in [0.15, 0.2) is 36.7 Å². The number of fused-ring (bicyclic) bond motifs is 1. The van der Waals surface area contributed by atoms with Gasteiger partial charge in [0.15, 0.2) is 5.82 Å². The second-order valence-electron chi connectivity index (χ2n) is 5.09. The van der Waals surface area contributed by atoms with Crippen LogP contribution in [0.1, 0.15) is 11.1 Å². The van der Waals surface area contributed by atoms with Crippen LogP contribution in [-0.4, -0.2) is 37.3 Å². The van der Waals surface area contributed by atoms with E-state index in [-0.39, 0.29) is 5.95 Å². The lowest BCUT2D eigenvalue weighted by molar-refractivity contribution is 0.209. The summed E-state index contributed by atoms with van der Waals surface area (Å²) in [6.45, 7) is 2.74. The molecule has 0 aliphatic rings. The molecule has 2 aromatic heterocycles. The first-order valence-electron chi connectivity index (χ1n) is 7.12. The van der Waals surface area contributed by atoms with E-state index >= 15 is 0 Å². The van der Waals surface area contributed by atoms with Crippen molar-refractivity contribution in [2.75, 3.05) is 17.2 Å². The highest BCUT2D eigenvalue weighted by Gasteiger charge is 2.11. The summed E-state index contributed by atoms with van der Waals surface area (Å²) in [6, 6.07) is 8.35. The van der Waals surface area contributed by atoms with Gasteiger partial charge in [0, 0.05) is 18.9 Å². The molecule has 1 aromatic carbocycles. The maximum Gasteiger partial charge on any atom is 0.411 e. The molecule has 23 heavy (non-hydrogen) atoms. The summed E-state index contributed by atoms with van der Waals surface area (Å²) in [5.41, 5.74) is 2.93. The summed E-state index contributed by atoms with van der Waals surface area (Å²) >= 11 is 0. The van der Waals surface area contributed by atoms with E-state index in [9.17, 15) is 4.79 Å². The lowest BCUT2D eigenvalue weighted by Gasteiger charge is -2.07. The molecule has 3 N–H and O–H groups in total. The number of rotatable bonds is 5. The highest BCUT2D eigenvalue weighted by atomic mass is 16.4. The van der Waals surface area contributed by atoms with Crippen LogP contribution in [0.25, 0.3) is 5.65 Å². The van der Waals surface area contributed by atoms with E-state index in [1.807, 2.05) is 0 Å². The van der Waals surface area contributed by atoms with Crippen molar-refractivity contribution in [2.45, 2.75) is 13.3 Å². The minimum atomic E-state index is -1.19. The molecule has 2 heterocycles. The predicted molar refractivity (Wildman–Crippen MR) is 85.8 cm³/mol. The number of aromatic nitrogens is 4. The van der Waals surface area contributed by atoms with Gasteiger partial charge in [-0.25, -0.2) is 9.78 Å². The van der Waals surface area contributed by atoms with Crippen molar-refractivity contribution in [3.63, 3.8) is 0 Å². The van der Waals surface area contributed by atoms with Gasteiger partial charge in [0.25, 0.3) is 0 Å². The fourth-order valence-corrected chi connectivity index (χ4v) is 2.21. The summed E-state index contributed by atoms with van der Waals surface area (Å²) in [6.07, 6.45) is 2.82. The van der Waals surface area contributed by atoms with Crippen LogP contribution in [0.2, 0.25) is 0 Å². The molecular formula is C15H16N6O2. The lowest BCUT2D eigenvalue weighted by atomic mass is 10.1. The average molecular weight is 312 g/mol. The van der Waals surface area contributed by atoms with Crippen LogP contribution in [0.3, 0.4) is 0 Å². The van der Waals surface area contributed by atoms with E-state index in [0.29, 0.717) is 18.0 Å². The third-order valence-electron chi connectivity index (χ3n) is 3.37. The molecular weight excluding hydrogens is 296 g/mol. The number of hydrogen-bond acceptors (Lipinski definition) is 5. The van der Waals surface area contributed by atoms with Crippen molar-refractivity contribution < 1.29 is 9.90 Å². The maximum absolute atomic E-state index is 10.7. The first-order valence-corrected chi connectivity index (χ1v) is 7.12. The Morgan fingerprint density at radius 2 is 2.04 bits per heavy atom. The van der Waals surface area contributed by atoms with E-state index < -0.39 is 6.09 Å². The Morgan fingerprint density at radius 3 is 2.78 bits per heavy atom. The summed E-state index contributed by atoms with van der Waals surface area (Å²) in [4.78, 5) is 15.0. The molecule has 1 amide bonds. The van der Waals surface area contributed by atoms with Crippen LogP contribution in [0.5, 0.6) is 0 Å². The topological polar surface area (TPSA) is 104 Å². The highest BCUT2D eigenvalue weighted by molar-refractivity contribution is 5.81. The molecule has 3 rings (SSSR count). The quantitative estimate of drug-likeness (QED) is 0.667. The Hall–Kier alpha value is -3.16. The fourth-order valence-electron chi connectivity index (χ4n) is 2.21. The van der Waals surface area contributed by atoms with Crippen LogP contribution in [0, 0.1) is 6.92 Å². The second-order valence-corrected chi connectivity index (χ2v) is 5.09. The Labute approximate surface area is 132 Å². The van der Waals surface area contributed by atoms with Crippen molar-refractivity contribution >= 4 is 23.5 Å². The number of carbonyl (C=O) groups is 1. The van der Waals surface area contributed by atoms with Gasteiger partial charge in [0.2, 0.25) is 11.6 Å². The zero-order valence-electron chi connectivity index (χ0n) is 12.5. The standard InChI is InChI=1S/C15H16N6O2/c1-10-2-4-11(5-3-10)6-7-16-12-13-19-20-14(18-15(22)23)21(13)9-8-17-12/h2-5,8-9H,6-7H2,1H3,(H,16,17)(H,18,20)(H,22,23). The van der Waals surface area contributed by atoms with Crippen molar-refractivity contribution in [3.05, 3.63) is 47.8 Å². The molecule has 8 nitrogen and oxygen atoms in total. The maximum atomic E-state index is 10.7. The molecule has 0 saturated carbocycles. The number of aryl methyl sites for hydroxylation is 1. The Balaban J connectivity index is 1.71. The van der Waals surface area contributed by atoms with Gasteiger partial charge < -0.3 is 10.4 Å². The number of hydrogen-bond donors (Lipinski definition) is 3. The normalized spacial score (nSPS) is 10.7. The van der Waals surface area contributed by atoms with Gasteiger partial charge in [-0.15, -0.1) is 10.2 Å². The van der Waals surface area contributed by atoms with E-state index in [1.54, 1.807) is 12.4 Å². The molecule has 8 heteroatoms. The Kier molecular flexibility index (Phi) is 4.05. The number of nitrogens with zero attached hydrogens (tertiary/aromatic N) is 4. The van der Waals surface area contributed by atoms with Crippen LogP contribution >= 0.6 is 0 Å².